The molecule has 1 heterocycles. The summed E-state index contributed by atoms with van der Waals surface area (Å²) in [5.41, 5.74) is 1.09. The van der Waals surface area contributed by atoms with Gasteiger partial charge in [-0.1, -0.05) is 19.3 Å². The summed E-state index contributed by atoms with van der Waals surface area (Å²) in [5, 5.41) is 13.9. The lowest BCUT2D eigenvalue weighted by Gasteiger charge is -2.41. The second-order valence-electron chi connectivity index (χ2n) is 6.60. The molecule has 1 amide bonds. The number of rotatable bonds is 4. The summed E-state index contributed by atoms with van der Waals surface area (Å²) in [5.74, 6) is -1.18. The third-order valence-corrected chi connectivity index (χ3v) is 5.13. The van der Waals surface area contributed by atoms with Crippen molar-refractivity contribution in [2.45, 2.75) is 44.6 Å². The van der Waals surface area contributed by atoms with Gasteiger partial charge in [-0.2, -0.15) is 5.10 Å². The number of aromatic nitrogens is 3. The first-order chi connectivity index (χ1) is 12.0. The molecule has 2 aromatic rings. The van der Waals surface area contributed by atoms with Gasteiger partial charge in [-0.25, -0.2) is 14.5 Å². The van der Waals surface area contributed by atoms with Crippen LogP contribution in [0.4, 0.5) is 0 Å². The monoisotopic (exact) mass is 342 g/mol. The second-order valence-corrected chi connectivity index (χ2v) is 6.60. The molecule has 132 valence electrons. The molecule has 25 heavy (non-hydrogen) atoms. The van der Waals surface area contributed by atoms with Crippen LogP contribution in [0.3, 0.4) is 0 Å². The summed E-state index contributed by atoms with van der Waals surface area (Å²) in [6.45, 7) is 1.89. The minimum absolute atomic E-state index is 0.266. The number of carboxylic acids is 1. The largest absolute Gasteiger partial charge is 0.479 e. The molecule has 0 radical (unpaired) electrons. The van der Waals surface area contributed by atoms with Crippen molar-refractivity contribution in [3.63, 3.8) is 0 Å². The third kappa shape index (κ3) is 3.01. The minimum Gasteiger partial charge on any atom is -0.479 e. The first-order valence-corrected chi connectivity index (χ1v) is 8.43. The summed E-state index contributed by atoms with van der Waals surface area (Å²) >= 11 is 0. The number of carbonyl (C=O) groups excluding carboxylic acids is 1. The van der Waals surface area contributed by atoms with Crippen LogP contribution >= 0.6 is 0 Å². The number of hydrogen-bond acceptors (Lipinski definition) is 4. The summed E-state index contributed by atoms with van der Waals surface area (Å²) in [7, 11) is 1.60. The number of carboxylic acid groups (broad SMARTS) is 1. The van der Waals surface area contributed by atoms with E-state index >= 15 is 0 Å². The van der Waals surface area contributed by atoms with Crippen LogP contribution < -0.4 is 0 Å². The number of benzene rings is 1. The van der Waals surface area contributed by atoms with Gasteiger partial charge >= 0.3 is 5.97 Å². The van der Waals surface area contributed by atoms with Crippen LogP contribution in [0.25, 0.3) is 5.69 Å². The van der Waals surface area contributed by atoms with E-state index < -0.39 is 11.5 Å². The maximum atomic E-state index is 12.9. The third-order valence-electron chi connectivity index (χ3n) is 5.13. The average Bonchev–Trinajstić information content (AvgIpc) is 3.15. The molecule has 0 aliphatic heterocycles. The van der Waals surface area contributed by atoms with Crippen molar-refractivity contribution in [3.8, 4) is 5.69 Å². The molecule has 1 aromatic carbocycles. The summed E-state index contributed by atoms with van der Waals surface area (Å²) < 4.78 is 1.63. The lowest BCUT2D eigenvalue weighted by atomic mass is 9.80. The Morgan fingerprint density at radius 1 is 1.24 bits per heavy atom. The standard InChI is InChI=1S/C18H22N4O3/c1-13-10-14(6-7-15(13)22-12-19-11-20-22)16(23)21(2)18(17(24)25)8-4-3-5-9-18/h6-7,10-12H,3-5,8-9H2,1-2H3,(H,24,25). The van der Waals surface area contributed by atoms with E-state index in [9.17, 15) is 14.7 Å². The molecular formula is C18H22N4O3. The van der Waals surface area contributed by atoms with Gasteiger partial charge in [0.2, 0.25) is 0 Å². The van der Waals surface area contributed by atoms with Gasteiger partial charge in [-0.15, -0.1) is 0 Å². The molecule has 0 atom stereocenters. The summed E-state index contributed by atoms with van der Waals surface area (Å²) in [4.78, 5) is 30.2. The number of likely N-dealkylation sites (N-methyl/N-ethyl adjacent to an activating group) is 1. The van der Waals surface area contributed by atoms with Crippen molar-refractivity contribution in [2.24, 2.45) is 0 Å². The van der Waals surface area contributed by atoms with Crippen LogP contribution in [0.15, 0.2) is 30.9 Å². The van der Waals surface area contributed by atoms with Gasteiger partial charge in [0.05, 0.1) is 5.69 Å². The molecule has 0 bridgehead atoms. The smallest absolute Gasteiger partial charge is 0.329 e. The van der Waals surface area contributed by atoms with E-state index in [1.165, 1.54) is 11.2 Å². The number of nitrogens with zero attached hydrogens (tertiary/aromatic N) is 4. The topological polar surface area (TPSA) is 88.3 Å². The fraction of sp³-hybridized carbons (Fsp3) is 0.444. The molecule has 1 aromatic heterocycles. The highest BCUT2D eigenvalue weighted by Crippen LogP contribution is 2.34. The Morgan fingerprint density at radius 3 is 2.52 bits per heavy atom. The SMILES string of the molecule is Cc1cc(C(=O)N(C)C2(C(=O)O)CCCCC2)ccc1-n1cncn1. The van der Waals surface area contributed by atoms with Crippen molar-refractivity contribution >= 4 is 11.9 Å². The number of amides is 1. The molecule has 0 unspecified atom stereocenters. The highest BCUT2D eigenvalue weighted by Gasteiger charge is 2.45. The van der Waals surface area contributed by atoms with Gasteiger partial charge in [0.25, 0.3) is 5.91 Å². The number of carbonyl (C=O) groups is 2. The Kier molecular flexibility index (Phi) is 4.57. The lowest BCUT2D eigenvalue weighted by molar-refractivity contribution is -0.151. The molecule has 1 N–H and O–H groups in total. The van der Waals surface area contributed by atoms with Gasteiger partial charge in [0.1, 0.15) is 18.2 Å². The highest BCUT2D eigenvalue weighted by molar-refractivity contribution is 5.98. The molecule has 1 aliphatic carbocycles. The fourth-order valence-electron chi connectivity index (χ4n) is 3.60. The highest BCUT2D eigenvalue weighted by atomic mass is 16.4. The van der Waals surface area contributed by atoms with Gasteiger partial charge in [-0.05, 0) is 43.5 Å². The van der Waals surface area contributed by atoms with Crippen LogP contribution in [0.1, 0.15) is 48.0 Å². The first-order valence-electron chi connectivity index (χ1n) is 8.43. The Balaban J connectivity index is 1.89. The zero-order valence-electron chi connectivity index (χ0n) is 14.5. The number of aliphatic carboxylic acids is 1. The Morgan fingerprint density at radius 2 is 1.96 bits per heavy atom. The van der Waals surface area contributed by atoms with E-state index in [-0.39, 0.29) is 5.91 Å². The molecule has 0 saturated heterocycles. The van der Waals surface area contributed by atoms with E-state index in [1.54, 1.807) is 36.3 Å². The molecular weight excluding hydrogens is 320 g/mol. The van der Waals surface area contributed by atoms with Crippen LogP contribution in [-0.2, 0) is 4.79 Å². The van der Waals surface area contributed by atoms with E-state index in [4.69, 9.17) is 0 Å². The van der Waals surface area contributed by atoms with Crippen molar-refractivity contribution in [1.29, 1.82) is 0 Å². The van der Waals surface area contributed by atoms with E-state index in [1.807, 2.05) is 6.92 Å². The Bertz CT molecular complexity index is 780. The van der Waals surface area contributed by atoms with Crippen molar-refractivity contribution in [1.82, 2.24) is 19.7 Å². The average molecular weight is 342 g/mol. The van der Waals surface area contributed by atoms with Crippen LogP contribution in [-0.4, -0.2) is 49.2 Å². The van der Waals surface area contributed by atoms with Crippen LogP contribution in [0.2, 0.25) is 0 Å². The van der Waals surface area contributed by atoms with Gasteiger partial charge in [0, 0.05) is 12.6 Å². The van der Waals surface area contributed by atoms with Gasteiger partial charge in [0.15, 0.2) is 0 Å². The molecule has 1 fully saturated rings. The van der Waals surface area contributed by atoms with Gasteiger partial charge in [-0.3, -0.25) is 4.79 Å². The minimum atomic E-state index is -1.10. The zero-order chi connectivity index (χ0) is 18.0. The number of aryl methyl sites for hydroxylation is 1. The van der Waals surface area contributed by atoms with Crippen molar-refractivity contribution in [3.05, 3.63) is 42.0 Å². The van der Waals surface area contributed by atoms with Crippen molar-refractivity contribution < 1.29 is 14.7 Å². The first kappa shape index (κ1) is 17.1. The summed E-state index contributed by atoms with van der Waals surface area (Å²) in [6.07, 6.45) is 6.72. The normalized spacial score (nSPS) is 16.4. The molecule has 1 aliphatic rings. The maximum absolute atomic E-state index is 12.9. The Hall–Kier alpha value is -2.70. The number of hydrogen-bond donors (Lipinski definition) is 1. The predicted octanol–water partition coefficient (Wildman–Crippen LogP) is 2.44. The lowest BCUT2D eigenvalue weighted by Crippen LogP contribution is -2.56. The molecule has 1 saturated carbocycles. The maximum Gasteiger partial charge on any atom is 0.329 e. The van der Waals surface area contributed by atoms with E-state index in [0.29, 0.717) is 18.4 Å². The molecule has 7 nitrogen and oxygen atoms in total. The quantitative estimate of drug-likeness (QED) is 0.922. The predicted molar refractivity (Wildman–Crippen MR) is 91.6 cm³/mol. The molecule has 7 heteroatoms. The molecule has 3 rings (SSSR count). The van der Waals surface area contributed by atoms with Crippen LogP contribution in [0, 0.1) is 6.92 Å². The fourth-order valence-corrected chi connectivity index (χ4v) is 3.60. The van der Waals surface area contributed by atoms with Crippen molar-refractivity contribution in [2.75, 3.05) is 7.05 Å². The van der Waals surface area contributed by atoms with E-state index in [0.717, 1.165) is 30.5 Å². The van der Waals surface area contributed by atoms with E-state index in [2.05, 4.69) is 10.1 Å². The van der Waals surface area contributed by atoms with Gasteiger partial charge < -0.3 is 10.0 Å². The Labute approximate surface area is 146 Å². The molecule has 0 spiro atoms. The van der Waals surface area contributed by atoms with Crippen LogP contribution in [0.5, 0.6) is 0 Å². The summed E-state index contributed by atoms with van der Waals surface area (Å²) in [6, 6.07) is 5.29. The zero-order valence-corrected chi connectivity index (χ0v) is 14.5. The second kappa shape index (κ2) is 6.66.